The van der Waals surface area contributed by atoms with E-state index in [0.29, 0.717) is 12.2 Å². The molecule has 5 unspecified atom stereocenters. The number of aromatic amines is 1. The van der Waals surface area contributed by atoms with Gasteiger partial charge in [0.25, 0.3) is 0 Å². The van der Waals surface area contributed by atoms with E-state index < -0.39 is 53.8 Å². The summed E-state index contributed by atoms with van der Waals surface area (Å²) >= 11 is 1.46. The number of nitrogens with two attached hydrogens (primary N) is 2. The normalized spacial score (nSPS) is 14.9. The van der Waals surface area contributed by atoms with Gasteiger partial charge < -0.3 is 37.5 Å². The molecule has 1 aromatic carbocycles. The van der Waals surface area contributed by atoms with Crippen molar-refractivity contribution in [1.29, 1.82) is 0 Å². The number of hydrogen-bond donors (Lipinski definition) is 7. The van der Waals surface area contributed by atoms with Crippen LogP contribution in [0.4, 0.5) is 0 Å². The molecule has 0 spiro atoms. The van der Waals surface area contributed by atoms with Gasteiger partial charge in [0.1, 0.15) is 18.1 Å². The molecule has 0 saturated heterocycles. The van der Waals surface area contributed by atoms with Gasteiger partial charge in [0.15, 0.2) is 0 Å². The van der Waals surface area contributed by atoms with Crippen molar-refractivity contribution in [2.45, 2.75) is 70.1 Å². The number of H-pyrrole nitrogens is 1. The lowest BCUT2D eigenvalue weighted by atomic mass is 9.96. The number of amides is 4. The Morgan fingerprint density at radius 3 is 2.30 bits per heavy atom. The number of carbonyl (C=O) groups is 5. The Hall–Kier alpha value is -3.58. The van der Waals surface area contributed by atoms with Crippen molar-refractivity contribution in [1.82, 2.24) is 20.9 Å². The maximum atomic E-state index is 13.5. The van der Waals surface area contributed by atoms with Gasteiger partial charge in [-0.15, -0.1) is 0 Å². The van der Waals surface area contributed by atoms with Crippen LogP contribution in [0.3, 0.4) is 0 Å². The number of carbonyl (C=O) groups excluding carboxylic acids is 4. The molecule has 220 valence electrons. The average molecular weight is 577 g/mol. The second-order valence-corrected chi connectivity index (χ2v) is 10.8. The van der Waals surface area contributed by atoms with Crippen LogP contribution >= 0.6 is 11.8 Å². The van der Waals surface area contributed by atoms with Gasteiger partial charge in [-0.1, -0.05) is 38.5 Å². The van der Waals surface area contributed by atoms with Crippen LogP contribution in [0, 0.1) is 5.92 Å². The third kappa shape index (κ3) is 9.56. The van der Waals surface area contributed by atoms with Crippen molar-refractivity contribution in [3.05, 3.63) is 36.0 Å². The zero-order chi connectivity index (χ0) is 29.8. The third-order valence-corrected chi connectivity index (χ3v) is 7.43. The van der Waals surface area contributed by atoms with Crippen LogP contribution in [0.5, 0.6) is 0 Å². The number of carboxylic acids is 1. The SMILES string of the molecule is CCC(C)C(NC(=O)C(N)CCC(N)=O)C(=O)NC(Cc1c[nH]c2ccccc12)C(=O)NC(CCSC)C(=O)O. The lowest BCUT2D eigenvalue weighted by Crippen LogP contribution is -2.59. The maximum absolute atomic E-state index is 13.5. The van der Waals surface area contributed by atoms with Crippen molar-refractivity contribution in [3.8, 4) is 0 Å². The number of benzene rings is 1. The molecule has 13 heteroatoms. The minimum absolute atomic E-state index is 0.0221. The lowest BCUT2D eigenvalue weighted by molar-refractivity contribution is -0.142. The molecule has 0 aliphatic carbocycles. The molecule has 0 fully saturated rings. The van der Waals surface area contributed by atoms with Gasteiger partial charge in [-0.3, -0.25) is 19.2 Å². The summed E-state index contributed by atoms with van der Waals surface area (Å²) < 4.78 is 0. The quantitative estimate of drug-likeness (QED) is 0.142. The van der Waals surface area contributed by atoms with Crippen LogP contribution in [0.2, 0.25) is 0 Å². The van der Waals surface area contributed by atoms with Crippen LogP contribution in [0.25, 0.3) is 10.9 Å². The predicted molar refractivity (Wildman–Crippen MR) is 154 cm³/mol. The Balaban J connectivity index is 2.30. The van der Waals surface area contributed by atoms with Crippen molar-refractivity contribution in [2.24, 2.45) is 17.4 Å². The van der Waals surface area contributed by atoms with Gasteiger partial charge >= 0.3 is 5.97 Å². The summed E-state index contributed by atoms with van der Waals surface area (Å²) in [5.74, 6) is -3.45. The van der Waals surface area contributed by atoms with Gasteiger partial charge in [0, 0.05) is 29.9 Å². The van der Waals surface area contributed by atoms with Gasteiger partial charge in [0.05, 0.1) is 6.04 Å². The fraction of sp³-hybridized carbons (Fsp3) is 0.519. The number of para-hydroxylation sites is 1. The zero-order valence-corrected chi connectivity index (χ0v) is 23.9. The molecule has 9 N–H and O–H groups in total. The van der Waals surface area contributed by atoms with Crippen molar-refractivity contribution in [3.63, 3.8) is 0 Å². The third-order valence-electron chi connectivity index (χ3n) is 6.79. The monoisotopic (exact) mass is 576 g/mol. The zero-order valence-electron chi connectivity index (χ0n) is 23.1. The molecule has 0 saturated carbocycles. The molecular weight excluding hydrogens is 536 g/mol. The second-order valence-electron chi connectivity index (χ2n) is 9.79. The van der Waals surface area contributed by atoms with Crippen LogP contribution in [-0.4, -0.2) is 75.9 Å². The number of fused-ring (bicyclic) bond motifs is 1. The minimum Gasteiger partial charge on any atom is -0.480 e. The molecule has 12 nitrogen and oxygen atoms in total. The summed E-state index contributed by atoms with van der Waals surface area (Å²) in [5, 5.41) is 18.4. The Bertz CT molecular complexity index is 1190. The first-order valence-corrected chi connectivity index (χ1v) is 14.6. The van der Waals surface area contributed by atoms with E-state index >= 15 is 0 Å². The Morgan fingerprint density at radius 2 is 1.68 bits per heavy atom. The highest BCUT2D eigenvalue weighted by Gasteiger charge is 2.33. The Labute approximate surface area is 237 Å². The lowest BCUT2D eigenvalue weighted by Gasteiger charge is -2.28. The van der Waals surface area contributed by atoms with Gasteiger partial charge in [-0.05, 0) is 42.4 Å². The van der Waals surface area contributed by atoms with E-state index in [2.05, 4.69) is 20.9 Å². The van der Waals surface area contributed by atoms with Crippen LogP contribution in [0.1, 0.15) is 45.1 Å². The molecule has 0 bridgehead atoms. The first-order valence-electron chi connectivity index (χ1n) is 13.2. The fourth-order valence-electron chi connectivity index (χ4n) is 4.15. The Kier molecular flexibility index (Phi) is 12.9. The fourth-order valence-corrected chi connectivity index (χ4v) is 4.62. The number of thioether (sulfide) groups is 1. The highest BCUT2D eigenvalue weighted by atomic mass is 32.2. The molecule has 0 aliphatic heterocycles. The molecule has 2 rings (SSSR count). The molecule has 0 aliphatic rings. The number of aromatic nitrogens is 1. The topological polar surface area (TPSA) is 209 Å². The van der Waals surface area contributed by atoms with E-state index in [4.69, 9.17) is 11.5 Å². The minimum atomic E-state index is -1.17. The molecule has 0 radical (unpaired) electrons. The van der Waals surface area contributed by atoms with E-state index in [0.717, 1.165) is 16.5 Å². The number of nitrogens with one attached hydrogen (secondary N) is 4. The number of primary amides is 1. The van der Waals surface area contributed by atoms with E-state index in [9.17, 15) is 29.1 Å². The molecule has 5 atom stereocenters. The molecule has 2 aromatic rings. The number of hydrogen-bond acceptors (Lipinski definition) is 7. The largest absolute Gasteiger partial charge is 0.480 e. The summed E-state index contributed by atoms with van der Waals surface area (Å²) in [6, 6.07) is 3.15. The summed E-state index contributed by atoms with van der Waals surface area (Å²) in [4.78, 5) is 65.6. The van der Waals surface area contributed by atoms with Crippen LogP contribution in [0.15, 0.2) is 30.5 Å². The second kappa shape index (κ2) is 15.9. The van der Waals surface area contributed by atoms with E-state index in [1.807, 2.05) is 37.4 Å². The first kappa shape index (κ1) is 32.6. The van der Waals surface area contributed by atoms with E-state index in [1.165, 1.54) is 11.8 Å². The maximum Gasteiger partial charge on any atom is 0.326 e. The van der Waals surface area contributed by atoms with Crippen molar-refractivity contribution < 1.29 is 29.1 Å². The molecule has 1 heterocycles. The van der Waals surface area contributed by atoms with Crippen molar-refractivity contribution in [2.75, 3.05) is 12.0 Å². The summed E-state index contributed by atoms with van der Waals surface area (Å²) in [7, 11) is 0. The summed E-state index contributed by atoms with van der Waals surface area (Å²) in [6.45, 7) is 3.63. The molecular formula is C27H40N6O6S. The number of rotatable bonds is 17. The highest BCUT2D eigenvalue weighted by molar-refractivity contribution is 7.98. The number of carboxylic acid groups (broad SMARTS) is 1. The van der Waals surface area contributed by atoms with Gasteiger partial charge in [0.2, 0.25) is 23.6 Å². The van der Waals surface area contributed by atoms with Crippen LogP contribution in [-0.2, 0) is 30.4 Å². The van der Waals surface area contributed by atoms with Gasteiger partial charge in [-0.25, -0.2) is 4.79 Å². The standard InChI is InChI=1S/C27H40N6O6S/c1-4-15(2)23(33-24(35)18(28)9-10-22(29)34)26(37)32-21(25(36)31-20(27(38)39)11-12-40-3)13-16-14-30-19-8-6-5-7-17(16)19/h5-8,14-15,18,20-21,23,30H,4,9-13,28H2,1-3H3,(H2,29,34)(H,31,36)(H,32,37)(H,33,35)(H,38,39). The van der Waals surface area contributed by atoms with Gasteiger partial charge in [-0.2, -0.15) is 11.8 Å². The Morgan fingerprint density at radius 1 is 1.00 bits per heavy atom. The first-order chi connectivity index (χ1) is 19.0. The summed E-state index contributed by atoms with van der Waals surface area (Å²) in [5.41, 5.74) is 12.6. The predicted octanol–water partition coefficient (Wildman–Crippen LogP) is 0.641. The molecule has 1 aromatic heterocycles. The smallest absolute Gasteiger partial charge is 0.326 e. The average Bonchev–Trinajstić information content (AvgIpc) is 3.33. The molecule has 4 amide bonds. The van der Waals surface area contributed by atoms with E-state index in [1.54, 1.807) is 13.1 Å². The number of aliphatic carboxylic acids is 1. The summed E-state index contributed by atoms with van der Waals surface area (Å²) in [6.07, 6.45) is 4.34. The highest BCUT2D eigenvalue weighted by Crippen LogP contribution is 2.20. The van der Waals surface area contributed by atoms with E-state index in [-0.39, 0.29) is 31.6 Å². The van der Waals surface area contributed by atoms with Crippen molar-refractivity contribution >= 4 is 52.3 Å². The van der Waals surface area contributed by atoms with Crippen LogP contribution < -0.4 is 27.4 Å². The molecule has 40 heavy (non-hydrogen) atoms.